The number of nitrogens with zero attached hydrogens (tertiary/aromatic N) is 4. The van der Waals surface area contributed by atoms with Crippen LogP contribution in [0.1, 0.15) is 37.5 Å². The van der Waals surface area contributed by atoms with Crippen LogP contribution in [0.2, 0.25) is 0 Å². The minimum absolute atomic E-state index is 0.347. The van der Waals surface area contributed by atoms with Crippen molar-refractivity contribution in [2.24, 2.45) is 0 Å². The fourth-order valence-corrected chi connectivity index (χ4v) is 3.03. The molecular formula is C14H24N4O2. The van der Waals surface area contributed by atoms with Crippen LogP contribution in [0.15, 0.2) is 4.52 Å². The average molecular weight is 280 g/mol. The fraction of sp³-hybridized carbons (Fsp3) is 0.857. The molecule has 3 heterocycles. The summed E-state index contributed by atoms with van der Waals surface area (Å²) in [7, 11) is 0. The summed E-state index contributed by atoms with van der Waals surface area (Å²) in [4.78, 5) is 9.48. The largest absolute Gasteiger partial charge is 0.379 e. The van der Waals surface area contributed by atoms with Gasteiger partial charge in [-0.25, -0.2) is 0 Å². The molecule has 20 heavy (non-hydrogen) atoms. The van der Waals surface area contributed by atoms with Crippen molar-refractivity contribution in [1.82, 2.24) is 19.9 Å². The SMILES string of the molecule is CCc1nc([C@@H]2CCCN2CCN2CCOCC2)no1. The number of morpholine rings is 1. The molecule has 2 aliphatic heterocycles. The van der Waals surface area contributed by atoms with Gasteiger partial charge < -0.3 is 9.26 Å². The second-order valence-corrected chi connectivity index (χ2v) is 5.55. The van der Waals surface area contributed by atoms with E-state index in [1.165, 1.54) is 6.42 Å². The molecule has 2 saturated heterocycles. The second kappa shape index (κ2) is 6.65. The molecule has 0 radical (unpaired) electrons. The predicted octanol–water partition coefficient (Wildman–Crippen LogP) is 1.10. The van der Waals surface area contributed by atoms with Gasteiger partial charge in [-0.3, -0.25) is 9.80 Å². The Morgan fingerprint density at radius 2 is 2.05 bits per heavy atom. The lowest BCUT2D eigenvalue weighted by molar-refractivity contribution is 0.0324. The van der Waals surface area contributed by atoms with Gasteiger partial charge >= 0.3 is 0 Å². The summed E-state index contributed by atoms with van der Waals surface area (Å²) in [5.41, 5.74) is 0. The number of hydrogen-bond donors (Lipinski definition) is 0. The monoisotopic (exact) mass is 280 g/mol. The van der Waals surface area contributed by atoms with Gasteiger partial charge in [0.05, 0.1) is 19.3 Å². The van der Waals surface area contributed by atoms with Gasteiger partial charge in [0.15, 0.2) is 5.82 Å². The molecule has 1 atom stereocenters. The molecule has 6 nitrogen and oxygen atoms in total. The molecule has 2 aliphatic rings. The Bertz CT molecular complexity index is 417. The molecule has 1 aromatic heterocycles. The molecule has 6 heteroatoms. The van der Waals surface area contributed by atoms with E-state index in [-0.39, 0.29) is 0 Å². The molecule has 0 unspecified atom stereocenters. The van der Waals surface area contributed by atoms with E-state index in [2.05, 4.69) is 19.9 Å². The second-order valence-electron chi connectivity index (χ2n) is 5.55. The van der Waals surface area contributed by atoms with Crippen LogP contribution >= 0.6 is 0 Å². The zero-order valence-electron chi connectivity index (χ0n) is 12.3. The van der Waals surface area contributed by atoms with Crippen molar-refractivity contribution >= 4 is 0 Å². The first kappa shape index (κ1) is 14.0. The molecule has 0 N–H and O–H groups in total. The highest BCUT2D eigenvalue weighted by molar-refractivity contribution is 4.98. The zero-order valence-corrected chi connectivity index (χ0v) is 12.3. The summed E-state index contributed by atoms with van der Waals surface area (Å²) >= 11 is 0. The average Bonchev–Trinajstić information content (AvgIpc) is 3.14. The van der Waals surface area contributed by atoms with Gasteiger partial charge in [0.2, 0.25) is 5.89 Å². The topological polar surface area (TPSA) is 54.6 Å². The lowest BCUT2D eigenvalue weighted by Crippen LogP contribution is -2.41. The minimum Gasteiger partial charge on any atom is -0.379 e. The molecule has 0 amide bonds. The van der Waals surface area contributed by atoms with Crippen molar-refractivity contribution in [2.75, 3.05) is 45.9 Å². The van der Waals surface area contributed by atoms with Crippen LogP contribution in [0, 0.1) is 0 Å². The predicted molar refractivity (Wildman–Crippen MR) is 74.5 cm³/mol. The maximum absolute atomic E-state index is 5.39. The molecule has 2 fully saturated rings. The molecule has 112 valence electrons. The third-order valence-corrected chi connectivity index (χ3v) is 4.26. The van der Waals surface area contributed by atoms with Crippen LogP contribution in [-0.2, 0) is 11.2 Å². The van der Waals surface area contributed by atoms with Crippen LogP contribution in [-0.4, -0.2) is 65.9 Å². The van der Waals surface area contributed by atoms with Crippen LogP contribution in [0.3, 0.4) is 0 Å². The first-order valence-electron chi connectivity index (χ1n) is 7.73. The number of hydrogen-bond acceptors (Lipinski definition) is 6. The Labute approximate surface area is 120 Å². The Balaban J connectivity index is 1.54. The van der Waals surface area contributed by atoms with Crippen LogP contribution in [0.4, 0.5) is 0 Å². The molecule has 0 aliphatic carbocycles. The van der Waals surface area contributed by atoms with Gasteiger partial charge in [-0.05, 0) is 19.4 Å². The van der Waals surface area contributed by atoms with E-state index in [9.17, 15) is 0 Å². The third-order valence-electron chi connectivity index (χ3n) is 4.26. The quantitative estimate of drug-likeness (QED) is 0.805. The van der Waals surface area contributed by atoms with E-state index in [0.717, 1.165) is 70.5 Å². The number of aryl methyl sites for hydroxylation is 1. The summed E-state index contributed by atoms with van der Waals surface area (Å²) < 4.78 is 10.6. The molecular weight excluding hydrogens is 256 g/mol. The molecule has 0 spiro atoms. The summed E-state index contributed by atoms with van der Waals surface area (Å²) in [6.45, 7) is 9.23. The number of ether oxygens (including phenoxy) is 1. The van der Waals surface area contributed by atoms with Crippen molar-refractivity contribution in [2.45, 2.75) is 32.2 Å². The standard InChI is InChI=1S/C14H24N4O2/c1-2-13-15-14(16-20-13)12-4-3-5-18(12)7-6-17-8-10-19-11-9-17/h12H,2-11H2,1H3/t12-/m0/s1. The summed E-state index contributed by atoms with van der Waals surface area (Å²) in [5, 5.41) is 4.15. The molecule has 3 rings (SSSR count). The highest BCUT2D eigenvalue weighted by atomic mass is 16.5. The van der Waals surface area contributed by atoms with Gasteiger partial charge in [-0.15, -0.1) is 0 Å². The number of rotatable bonds is 5. The number of likely N-dealkylation sites (tertiary alicyclic amines) is 1. The Hall–Kier alpha value is -0.980. The molecule has 1 aromatic rings. The Morgan fingerprint density at radius 1 is 1.20 bits per heavy atom. The maximum Gasteiger partial charge on any atom is 0.226 e. The van der Waals surface area contributed by atoms with Crippen molar-refractivity contribution in [1.29, 1.82) is 0 Å². The highest BCUT2D eigenvalue weighted by Crippen LogP contribution is 2.29. The van der Waals surface area contributed by atoms with E-state index >= 15 is 0 Å². The lowest BCUT2D eigenvalue weighted by Gasteiger charge is -2.30. The first-order chi connectivity index (χ1) is 9.86. The summed E-state index contributed by atoms with van der Waals surface area (Å²) in [5.74, 6) is 1.63. The zero-order chi connectivity index (χ0) is 13.8. The third kappa shape index (κ3) is 3.19. The molecule has 0 saturated carbocycles. The maximum atomic E-state index is 5.39. The normalized spacial score (nSPS) is 25.4. The van der Waals surface area contributed by atoms with E-state index in [4.69, 9.17) is 9.26 Å². The smallest absolute Gasteiger partial charge is 0.226 e. The van der Waals surface area contributed by atoms with Crippen molar-refractivity contribution in [3.05, 3.63) is 11.7 Å². The fourth-order valence-electron chi connectivity index (χ4n) is 3.03. The van der Waals surface area contributed by atoms with Crippen molar-refractivity contribution < 1.29 is 9.26 Å². The van der Waals surface area contributed by atoms with Gasteiger partial charge in [0.25, 0.3) is 0 Å². The van der Waals surface area contributed by atoms with E-state index in [1.54, 1.807) is 0 Å². The van der Waals surface area contributed by atoms with Crippen molar-refractivity contribution in [3.63, 3.8) is 0 Å². The van der Waals surface area contributed by atoms with Gasteiger partial charge in [-0.1, -0.05) is 12.1 Å². The molecule has 0 bridgehead atoms. The van der Waals surface area contributed by atoms with E-state index in [0.29, 0.717) is 6.04 Å². The summed E-state index contributed by atoms with van der Waals surface area (Å²) in [6.07, 6.45) is 3.18. The number of aromatic nitrogens is 2. The van der Waals surface area contributed by atoms with E-state index in [1.807, 2.05) is 6.92 Å². The van der Waals surface area contributed by atoms with Crippen LogP contribution in [0.25, 0.3) is 0 Å². The Morgan fingerprint density at radius 3 is 2.80 bits per heavy atom. The lowest BCUT2D eigenvalue weighted by atomic mass is 10.2. The molecule has 0 aromatic carbocycles. The van der Waals surface area contributed by atoms with Gasteiger partial charge in [0.1, 0.15) is 0 Å². The summed E-state index contributed by atoms with van der Waals surface area (Å²) in [6, 6.07) is 0.347. The van der Waals surface area contributed by atoms with Gasteiger partial charge in [-0.2, -0.15) is 4.98 Å². The van der Waals surface area contributed by atoms with Gasteiger partial charge in [0, 0.05) is 32.6 Å². The van der Waals surface area contributed by atoms with Crippen LogP contribution < -0.4 is 0 Å². The van der Waals surface area contributed by atoms with Crippen molar-refractivity contribution in [3.8, 4) is 0 Å². The van der Waals surface area contributed by atoms with E-state index < -0.39 is 0 Å². The van der Waals surface area contributed by atoms with Crippen LogP contribution in [0.5, 0.6) is 0 Å². The first-order valence-corrected chi connectivity index (χ1v) is 7.73. The highest BCUT2D eigenvalue weighted by Gasteiger charge is 2.30. The minimum atomic E-state index is 0.347. The Kier molecular flexibility index (Phi) is 4.65.